The number of carbonyl (C=O) groups is 1. The highest BCUT2D eigenvalue weighted by Crippen LogP contribution is 2.38. The van der Waals surface area contributed by atoms with Gasteiger partial charge in [-0.15, -0.1) is 0 Å². The predicted octanol–water partition coefficient (Wildman–Crippen LogP) is 6.38. The number of aryl methyl sites for hydroxylation is 1. The molecule has 4 atom stereocenters. The highest BCUT2D eigenvalue weighted by Gasteiger charge is 2.34. The average Bonchev–Trinajstić information content (AvgIpc) is 3.22. The van der Waals surface area contributed by atoms with E-state index in [-0.39, 0.29) is 30.1 Å². The van der Waals surface area contributed by atoms with Crippen LogP contribution in [0.15, 0.2) is 138 Å². The Morgan fingerprint density at radius 3 is 1.98 bits per heavy atom. The smallest absolute Gasteiger partial charge is 0.242 e. The minimum absolute atomic E-state index is 0.0229. The molecule has 0 spiro atoms. The van der Waals surface area contributed by atoms with Gasteiger partial charge in [0.2, 0.25) is 15.9 Å². The molecule has 0 saturated carbocycles. The summed E-state index contributed by atoms with van der Waals surface area (Å²) in [6, 6.07) is 40.6. The molecule has 0 radical (unpaired) electrons. The van der Waals surface area contributed by atoms with Crippen LogP contribution in [0.2, 0.25) is 0 Å². The minimum Gasteiger partial charge on any atom is -0.392 e. The van der Waals surface area contributed by atoms with Crippen molar-refractivity contribution in [2.24, 2.45) is 0 Å². The van der Waals surface area contributed by atoms with Gasteiger partial charge in [0.05, 0.1) is 23.7 Å². The molecule has 2 aliphatic rings. The standard InChI is InChI=1S/C45H50N4O6S/c1-33-12-22-41(23-13-33)56(52,53)47-42(28-34-8-4-2-5-9-34)44(51)46-39-20-18-38(19-21-39)45-54-40(29-43(55-45)37-16-14-36(32-50)15-17-37)31-49-26-24-48(25-27-49)30-35-10-6-3-7-11-35/h2-23,40,42-43,45,47,50H,24-32H2,1H3,(H,46,51)/t40-,42+,43+,45+/m0/s1. The van der Waals surface area contributed by atoms with Crippen molar-refractivity contribution >= 4 is 21.6 Å². The largest absolute Gasteiger partial charge is 0.392 e. The maximum atomic E-state index is 13.7. The van der Waals surface area contributed by atoms with Crippen molar-refractivity contribution in [3.05, 3.63) is 167 Å². The van der Waals surface area contributed by atoms with Gasteiger partial charge in [0, 0.05) is 56.9 Å². The fourth-order valence-corrected chi connectivity index (χ4v) is 8.45. The molecule has 0 aromatic heterocycles. The van der Waals surface area contributed by atoms with Crippen LogP contribution in [0.5, 0.6) is 0 Å². The first kappa shape index (κ1) is 39.5. The lowest BCUT2D eigenvalue weighted by atomic mass is 9.99. The summed E-state index contributed by atoms with van der Waals surface area (Å²) in [5, 5.41) is 12.5. The molecule has 0 unspecified atom stereocenters. The number of carbonyl (C=O) groups excluding carboxylic acids is 1. The maximum absolute atomic E-state index is 13.7. The summed E-state index contributed by atoms with van der Waals surface area (Å²) in [4.78, 5) is 18.8. The van der Waals surface area contributed by atoms with Gasteiger partial charge in [-0.1, -0.05) is 115 Å². The van der Waals surface area contributed by atoms with E-state index < -0.39 is 28.3 Å². The number of nitrogens with one attached hydrogen (secondary N) is 2. The van der Waals surface area contributed by atoms with Crippen LogP contribution in [-0.4, -0.2) is 74.1 Å². The third kappa shape index (κ3) is 10.6. The molecule has 11 heteroatoms. The first-order valence-electron chi connectivity index (χ1n) is 19.2. The Hall–Kier alpha value is -4.72. The molecule has 2 aliphatic heterocycles. The van der Waals surface area contributed by atoms with Crippen molar-refractivity contribution in [2.75, 3.05) is 38.0 Å². The third-order valence-electron chi connectivity index (χ3n) is 10.5. The molecule has 5 aromatic carbocycles. The number of nitrogens with zero attached hydrogens (tertiary/aromatic N) is 2. The lowest BCUT2D eigenvalue weighted by Gasteiger charge is -2.40. The lowest BCUT2D eigenvalue weighted by molar-refractivity contribution is -0.253. The number of hydrogen-bond acceptors (Lipinski definition) is 8. The number of piperazine rings is 1. The number of benzene rings is 5. The van der Waals surface area contributed by atoms with E-state index in [1.165, 1.54) is 17.7 Å². The SMILES string of the molecule is Cc1ccc(S(=O)(=O)N[C@H](Cc2ccccc2)C(=O)Nc2ccc([C@@H]3O[C@H](CN4CCN(Cc5ccccc5)CC4)C[C@H](c4ccc(CO)cc4)O3)cc2)cc1. The molecule has 2 heterocycles. The van der Waals surface area contributed by atoms with Crippen LogP contribution in [0.25, 0.3) is 0 Å². The molecule has 0 aliphatic carbocycles. The third-order valence-corrected chi connectivity index (χ3v) is 12.0. The molecule has 10 nitrogen and oxygen atoms in total. The predicted molar refractivity (Wildman–Crippen MR) is 217 cm³/mol. The van der Waals surface area contributed by atoms with Gasteiger partial charge >= 0.3 is 0 Å². The van der Waals surface area contributed by atoms with E-state index in [0.29, 0.717) is 12.1 Å². The summed E-state index contributed by atoms with van der Waals surface area (Å²) in [5.74, 6) is -0.474. The summed E-state index contributed by atoms with van der Waals surface area (Å²) < 4.78 is 42.6. The molecule has 2 saturated heterocycles. The second kappa shape index (κ2) is 18.5. The number of anilines is 1. The Bertz CT molecular complexity index is 2110. The molecule has 1 amide bonds. The van der Waals surface area contributed by atoms with Gasteiger partial charge in [-0.05, 0) is 59.9 Å². The van der Waals surface area contributed by atoms with Crippen molar-refractivity contribution in [1.82, 2.24) is 14.5 Å². The number of aliphatic hydroxyl groups is 1. The highest BCUT2D eigenvalue weighted by molar-refractivity contribution is 7.89. The zero-order valence-electron chi connectivity index (χ0n) is 31.7. The first-order chi connectivity index (χ1) is 27.2. The van der Waals surface area contributed by atoms with Gasteiger partial charge < -0.3 is 19.9 Å². The Kier molecular flexibility index (Phi) is 13.0. The highest BCUT2D eigenvalue weighted by atomic mass is 32.2. The van der Waals surface area contributed by atoms with Crippen LogP contribution in [0.1, 0.15) is 52.2 Å². The summed E-state index contributed by atoms with van der Waals surface area (Å²) in [5.41, 5.74) is 6.27. The molecular formula is C45H50N4O6S. The second-order valence-electron chi connectivity index (χ2n) is 14.7. The van der Waals surface area contributed by atoms with E-state index in [1.807, 2.05) is 73.7 Å². The van der Waals surface area contributed by atoms with Crippen LogP contribution in [-0.2, 0) is 43.9 Å². The minimum atomic E-state index is -3.98. The topological polar surface area (TPSA) is 120 Å². The van der Waals surface area contributed by atoms with Crippen molar-refractivity contribution in [1.29, 1.82) is 0 Å². The van der Waals surface area contributed by atoms with Gasteiger partial charge in [-0.2, -0.15) is 4.72 Å². The van der Waals surface area contributed by atoms with Crippen molar-refractivity contribution in [2.45, 2.75) is 62.4 Å². The van der Waals surface area contributed by atoms with E-state index >= 15 is 0 Å². The summed E-state index contributed by atoms with van der Waals surface area (Å²) in [6.45, 7) is 7.47. The molecule has 292 valence electrons. The summed E-state index contributed by atoms with van der Waals surface area (Å²) >= 11 is 0. The fraction of sp³-hybridized carbons (Fsp3) is 0.311. The number of sulfonamides is 1. The zero-order chi connectivity index (χ0) is 38.9. The number of rotatable bonds is 14. The van der Waals surface area contributed by atoms with E-state index in [9.17, 15) is 18.3 Å². The van der Waals surface area contributed by atoms with E-state index in [4.69, 9.17) is 9.47 Å². The van der Waals surface area contributed by atoms with Gasteiger partial charge in [0.15, 0.2) is 6.29 Å². The van der Waals surface area contributed by atoms with Gasteiger partial charge in [-0.3, -0.25) is 14.6 Å². The number of hydrogen-bond donors (Lipinski definition) is 3. The van der Waals surface area contributed by atoms with Crippen LogP contribution < -0.4 is 10.0 Å². The molecular weight excluding hydrogens is 725 g/mol. The van der Waals surface area contributed by atoms with E-state index in [2.05, 4.69) is 50.2 Å². The van der Waals surface area contributed by atoms with Crippen LogP contribution in [0.3, 0.4) is 0 Å². The average molecular weight is 775 g/mol. The molecule has 5 aromatic rings. The van der Waals surface area contributed by atoms with Crippen LogP contribution >= 0.6 is 0 Å². The molecule has 56 heavy (non-hydrogen) atoms. The van der Waals surface area contributed by atoms with Crippen LogP contribution in [0, 0.1) is 6.92 Å². The van der Waals surface area contributed by atoms with Crippen molar-refractivity contribution in [3.63, 3.8) is 0 Å². The molecule has 2 fully saturated rings. The summed E-state index contributed by atoms with van der Waals surface area (Å²) in [6.07, 6.45) is -0.0899. The molecule has 3 N–H and O–H groups in total. The number of ether oxygens (including phenoxy) is 2. The van der Waals surface area contributed by atoms with Gasteiger partial charge in [0.1, 0.15) is 6.04 Å². The van der Waals surface area contributed by atoms with E-state index in [0.717, 1.165) is 67.1 Å². The summed E-state index contributed by atoms with van der Waals surface area (Å²) in [7, 11) is -3.98. The van der Waals surface area contributed by atoms with Gasteiger partial charge in [0.25, 0.3) is 0 Å². The monoisotopic (exact) mass is 774 g/mol. The molecule has 0 bridgehead atoms. The lowest BCUT2D eigenvalue weighted by Crippen LogP contribution is -2.49. The first-order valence-corrected chi connectivity index (χ1v) is 20.7. The Morgan fingerprint density at radius 1 is 0.732 bits per heavy atom. The van der Waals surface area contributed by atoms with Crippen LogP contribution in [0.4, 0.5) is 5.69 Å². The zero-order valence-corrected chi connectivity index (χ0v) is 32.5. The normalized spacial score (nSPS) is 20.0. The Morgan fingerprint density at radius 2 is 1.34 bits per heavy atom. The van der Waals surface area contributed by atoms with Crippen molar-refractivity contribution < 1.29 is 27.8 Å². The quantitative estimate of drug-likeness (QED) is 0.119. The number of amides is 1. The molecule has 7 rings (SSSR count). The Balaban J connectivity index is 1.03. The number of aliphatic hydroxyl groups excluding tert-OH is 1. The maximum Gasteiger partial charge on any atom is 0.242 e. The van der Waals surface area contributed by atoms with Crippen molar-refractivity contribution in [3.8, 4) is 0 Å². The second-order valence-corrected chi connectivity index (χ2v) is 16.4. The Labute approximate surface area is 330 Å². The fourth-order valence-electron chi connectivity index (χ4n) is 7.26. The van der Waals surface area contributed by atoms with E-state index in [1.54, 1.807) is 24.3 Å². The van der Waals surface area contributed by atoms with Gasteiger partial charge in [-0.25, -0.2) is 8.42 Å².